The summed E-state index contributed by atoms with van der Waals surface area (Å²) in [5.41, 5.74) is 2.86. The Morgan fingerprint density at radius 3 is 2.55 bits per heavy atom. The standard InChI is InChI=1S/C16H22N2O2/c1-4-5-6-13-7-9-14(10-8-13)20-16-15(11-19)12(2)17-18(16)3/h7-10,19H,4-6,11H2,1-3H3. The number of hydrogen-bond acceptors (Lipinski definition) is 3. The molecular weight excluding hydrogens is 252 g/mol. The van der Waals surface area contributed by atoms with Crippen LogP contribution in [0.5, 0.6) is 11.6 Å². The molecule has 20 heavy (non-hydrogen) atoms. The highest BCUT2D eigenvalue weighted by Crippen LogP contribution is 2.27. The smallest absolute Gasteiger partial charge is 0.223 e. The van der Waals surface area contributed by atoms with Crippen LogP contribution in [0.4, 0.5) is 0 Å². The zero-order valence-corrected chi connectivity index (χ0v) is 12.4. The van der Waals surface area contributed by atoms with Crippen molar-refractivity contribution in [3.8, 4) is 11.6 Å². The van der Waals surface area contributed by atoms with Crippen LogP contribution in [0.3, 0.4) is 0 Å². The van der Waals surface area contributed by atoms with Gasteiger partial charge in [-0.05, 0) is 37.5 Å². The summed E-state index contributed by atoms with van der Waals surface area (Å²) in [6.07, 6.45) is 3.51. The quantitative estimate of drug-likeness (QED) is 0.878. The highest BCUT2D eigenvalue weighted by Gasteiger charge is 2.14. The predicted molar refractivity (Wildman–Crippen MR) is 79.0 cm³/mol. The van der Waals surface area contributed by atoms with Crippen molar-refractivity contribution in [1.29, 1.82) is 0 Å². The molecule has 0 saturated carbocycles. The Morgan fingerprint density at radius 2 is 1.95 bits per heavy atom. The number of aromatic nitrogens is 2. The van der Waals surface area contributed by atoms with E-state index >= 15 is 0 Å². The summed E-state index contributed by atoms with van der Waals surface area (Å²) < 4.78 is 7.51. The number of rotatable bonds is 6. The summed E-state index contributed by atoms with van der Waals surface area (Å²) in [7, 11) is 1.82. The average molecular weight is 274 g/mol. The second-order valence-electron chi connectivity index (χ2n) is 5.00. The Hall–Kier alpha value is -1.81. The third kappa shape index (κ3) is 3.20. The molecule has 1 aromatic heterocycles. The van der Waals surface area contributed by atoms with Gasteiger partial charge >= 0.3 is 0 Å². The van der Waals surface area contributed by atoms with Crippen LogP contribution in [-0.4, -0.2) is 14.9 Å². The number of ether oxygens (including phenoxy) is 1. The Bertz CT molecular complexity index is 559. The van der Waals surface area contributed by atoms with Gasteiger partial charge in [-0.1, -0.05) is 25.5 Å². The number of unbranched alkanes of at least 4 members (excludes halogenated alkanes) is 1. The monoisotopic (exact) mass is 274 g/mol. The number of aliphatic hydroxyl groups excluding tert-OH is 1. The van der Waals surface area contributed by atoms with Gasteiger partial charge in [0, 0.05) is 7.05 Å². The van der Waals surface area contributed by atoms with Crippen LogP contribution in [0.2, 0.25) is 0 Å². The fraction of sp³-hybridized carbons (Fsp3) is 0.438. The molecule has 0 saturated heterocycles. The van der Waals surface area contributed by atoms with Crippen LogP contribution in [-0.2, 0) is 20.1 Å². The highest BCUT2D eigenvalue weighted by molar-refractivity contribution is 5.36. The zero-order valence-electron chi connectivity index (χ0n) is 12.4. The maximum atomic E-state index is 9.40. The lowest BCUT2D eigenvalue weighted by atomic mass is 10.1. The van der Waals surface area contributed by atoms with E-state index in [4.69, 9.17) is 4.74 Å². The third-order valence-electron chi connectivity index (χ3n) is 3.40. The molecule has 0 radical (unpaired) electrons. The minimum absolute atomic E-state index is 0.0659. The fourth-order valence-electron chi connectivity index (χ4n) is 2.21. The van der Waals surface area contributed by atoms with Crippen molar-refractivity contribution < 1.29 is 9.84 Å². The lowest BCUT2D eigenvalue weighted by Gasteiger charge is -2.08. The zero-order chi connectivity index (χ0) is 14.5. The summed E-state index contributed by atoms with van der Waals surface area (Å²) in [4.78, 5) is 0. The fourth-order valence-corrected chi connectivity index (χ4v) is 2.21. The molecule has 2 aromatic rings. The molecule has 0 atom stereocenters. The first-order valence-electron chi connectivity index (χ1n) is 7.05. The lowest BCUT2D eigenvalue weighted by molar-refractivity contribution is 0.274. The van der Waals surface area contributed by atoms with Crippen molar-refractivity contribution in [3.05, 3.63) is 41.1 Å². The van der Waals surface area contributed by atoms with Gasteiger partial charge in [0.25, 0.3) is 0 Å². The Morgan fingerprint density at radius 1 is 1.25 bits per heavy atom. The Kier molecular flexibility index (Phi) is 4.79. The minimum Gasteiger partial charge on any atom is -0.439 e. The lowest BCUT2D eigenvalue weighted by Crippen LogP contribution is -1.97. The van der Waals surface area contributed by atoms with Crippen molar-refractivity contribution in [2.45, 2.75) is 39.7 Å². The number of aryl methyl sites for hydroxylation is 3. The molecule has 4 nitrogen and oxygen atoms in total. The van der Waals surface area contributed by atoms with E-state index in [0.29, 0.717) is 5.88 Å². The van der Waals surface area contributed by atoms with Gasteiger partial charge in [0.05, 0.1) is 17.9 Å². The van der Waals surface area contributed by atoms with Crippen molar-refractivity contribution >= 4 is 0 Å². The molecule has 1 aromatic carbocycles. The molecular formula is C16H22N2O2. The van der Waals surface area contributed by atoms with E-state index in [1.165, 1.54) is 18.4 Å². The predicted octanol–water partition coefficient (Wildman–Crippen LogP) is 3.36. The highest BCUT2D eigenvalue weighted by atomic mass is 16.5. The third-order valence-corrected chi connectivity index (χ3v) is 3.40. The van der Waals surface area contributed by atoms with E-state index < -0.39 is 0 Å². The van der Waals surface area contributed by atoms with Gasteiger partial charge in [0.2, 0.25) is 5.88 Å². The molecule has 2 rings (SSSR count). The van der Waals surface area contributed by atoms with E-state index in [1.54, 1.807) is 4.68 Å². The normalized spacial score (nSPS) is 10.8. The van der Waals surface area contributed by atoms with Gasteiger partial charge in [-0.15, -0.1) is 0 Å². The maximum Gasteiger partial charge on any atom is 0.223 e. The largest absolute Gasteiger partial charge is 0.439 e. The molecule has 0 unspecified atom stereocenters. The summed E-state index contributed by atoms with van der Waals surface area (Å²) in [6.45, 7) is 3.99. The first-order valence-corrected chi connectivity index (χ1v) is 7.05. The van der Waals surface area contributed by atoms with Crippen LogP contribution >= 0.6 is 0 Å². The van der Waals surface area contributed by atoms with Gasteiger partial charge in [-0.25, -0.2) is 4.68 Å². The average Bonchev–Trinajstić information content (AvgIpc) is 2.72. The summed E-state index contributed by atoms with van der Waals surface area (Å²) >= 11 is 0. The van der Waals surface area contributed by atoms with E-state index in [2.05, 4.69) is 24.2 Å². The van der Waals surface area contributed by atoms with Crippen LogP contribution in [0.1, 0.15) is 36.6 Å². The summed E-state index contributed by atoms with van der Waals surface area (Å²) in [6, 6.07) is 8.11. The van der Waals surface area contributed by atoms with E-state index in [1.807, 2.05) is 26.1 Å². The topological polar surface area (TPSA) is 47.3 Å². The van der Waals surface area contributed by atoms with Gasteiger partial charge in [-0.2, -0.15) is 5.10 Å². The van der Waals surface area contributed by atoms with Crippen molar-refractivity contribution in [1.82, 2.24) is 9.78 Å². The second-order valence-corrected chi connectivity index (χ2v) is 5.00. The second kappa shape index (κ2) is 6.57. The van der Waals surface area contributed by atoms with E-state index in [9.17, 15) is 5.11 Å². The molecule has 0 spiro atoms. The molecule has 0 aliphatic rings. The van der Waals surface area contributed by atoms with Crippen molar-refractivity contribution in [2.24, 2.45) is 7.05 Å². The molecule has 108 valence electrons. The molecule has 1 heterocycles. The molecule has 0 fully saturated rings. The van der Waals surface area contributed by atoms with Gasteiger partial charge < -0.3 is 9.84 Å². The SMILES string of the molecule is CCCCc1ccc(Oc2c(CO)c(C)nn2C)cc1. The number of hydrogen-bond donors (Lipinski definition) is 1. The minimum atomic E-state index is -0.0659. The van der Waals surface area contributed by atoms with Crippen molar-refractivity contribution in [2.75, 3.05) is 0 Å². The number of aliphatic hydroxyl groups is 1. The number of nitrogens with zero attached hydrogens (tertiary/aromatic N) is 2. The number of benzene rings is 1. The molecule has 0 bridgehead atoms. The Balaban J connectivity index is 2.14. The van der Waals surface area contributed by atoms with Crippen LogP contribution in [0, 0.1) is 6.92 Å². The maximum absolute atomic E-state index is 9.40. The van der Waals surface area contributed by atoms with Crippen molar-refractivity contribution in [3.63, 3.8) is 0 Å². The van der Waals surface area contributed by atoms with Gasteiger partial charge in [0.15, 0.2) is 0 Å². The van der Waals surface area contributed by atoms with Crippen LogP contribution in [0.25, 0.3) is 0 Å². The first kappa shape index (κ1) is 14.6. The van der Waals surface area contributed by atoms with Gasteiger partial charge in [-0.3, -0.25) is 0 Å². The van der Waals surface area contributed by atoms with E-state index in [0.717, 1.165) is 23.4 Å². The molecule has 1 N–H and O–H groups in total. The van der Waals surface area contributed by atoms with E-state index in [-0.39, 0.29) is 6.61 Å². The molecule has 4 heteroatoms. The van der Waals surface area contributed by atoms with Crippen LogP contribution < -0.4 is 4.74 Å². The molecule has 0 aliphatic heterocycles. The Labute approximate surface area is 120 Å². The molecule has 0 amide bonds. The van der Waals surface area contributed by atoms with Crippen LogP contribution in [0.15, 0.2) is 24.3 Å². The summed E-state index contributed by atoms with van der Waals surface area (Å²) in [5.74, 6) is 1.37. The first-order chi connectivity index (χ1) is 9.65. The van der Waals surface area contributed by atoms with Gasteiger partial charge in [0.1, 0.15) is 5.75 Å². The summed E-state index contributed by atoms with van der Waals surface area (Å²) in [5, 5.41) is 13.7. The molecule has 0 aliphatic carbocycles.